The molecule has 0 spiro atoms. The Hall–Kier alpha value is -1.44. The van der Waals surface area contributed by atoms with Crippen LogP contribution in [0.15, 0.2) is 34.2 Å². The van der Waals surface area contributed by atoms with E-state index in [0.717, 1.165) is 36.8 Å². The summed E-state index contributed by atoms with van der Waals surface area (Å²) in [5.74, 6) is 1.48. The van der Waals surface area contributed by atoms with Crippen LogP contribution < -0.4 is 10.6 Å². The van der Waals surface area contributed by atoms with E-state index in [0.29, 0.717) is 12.5 Å². The minimum atomic E-state index is -0.175. The molecule has 1 amide bonds. The molecule has 150 valence electrons. The number of nitrogens with one attached hydrogen (secondary N) is 2. The van der Waals surface area contributed by atoms with E-state index in [4.69, 9.17) is 16.3 Å². The van der Waals surface area contributed by atoms with Crippen molar-refractivity contribution in [3.8, 4) is 0 Å². The number of guanidine groups is 1. The number of hydrogen-bond donors (Lipinski definition) is 2. The number of carbonyl (C=O) groups excluding carboxylic acids is 1. The number of thioether (sulfide) groups is 1. The smallest absolute Gasteiger partial charge is 0.243 e. The average molecular weight is 413 g/mol. The molecule has 1 unspecified atom stereocenters. The zero-order valence-corrected chi connectivity index (χ0v) is 17.8. The first-order valence-electron chi connectivity index (χ1n) is 9.13. The summed E-state index contributed by atoms with van der Waals surface area (Å²) in [6.07, 6.45) is 2.10. The molecule has 1 heterocycles. The van der Waals surface area contributed by atoms with Crippen molar-refractivity contribution in [1.82, 2.24) is 15.5 Å². The van der Waals surface area contributed by atoms with Gasteiger partial charge in [0.1, 0.15) is 6.54 Å². The van der Waals surface area contributed by atoms with Gasteiger partial charge in [-0.25, -0.2) is 4.99 Å². The van der Waals surface area contributed by atoms with Crippen molar-refractivity contribution in [3.63, 3.8) is 0 Å². The highest BCUT2D eigenvalue weighted by Gasteiger charge is 2.29. The Morgan fingerprint density at radius 1 is 1.33 bits per heavy atom. The SMILES string of the molecule is CN(C)C(=O)CN=C(NCCSc1ccc(Cl)cc1)NCC1(C)CCCO1. The monoisotopic (exact) mass is 412 g/mol. The van der Waals surface area contributed by atoms with E-state index in [2.05, 4.69) is 22.5 Å². The second kappa shape index (κ2) is 10.8. The number of amides is 1. The Kier molecular flexibility index (Phi) is 8.73. The van der Waals surface area contributed by atoms with Gasteiger partial charge in [0, 0.05) is 49.5 Å². The molecule has 1 aliphatic heterocycles. The number of hydrogen-bond acceptors (Lipinski definition) is 4. The van der Waals surface area contributed by atoms with Crippen molar-refractivity contribution in [2.75, 3.05) is 46.1 Å². The average Bonchev–Trinajstić information content (AvgIpc) is 3.08. The van der Waals surface area contributed by atoms with Crippen molar-refractivity contribution < 1.29 is 9.53 Å². The fourth-order valence-electron chi connectivity index (χ4n) is 2.58. The highest BCUT2D eigenvalue weighted by atomic mass is 35.5. The molecule has 0 saturated carbocycles. The Morgan fingerprint density at radius 3 is 2.70 bits per heavy atom. The number of rotatable bonds is 8. The van der Waals surface area contributed by atoms with Crippen LogP contribution in [0, 0.1) is 0 Å². The summed E-state index contributed by atoms with van der Waals surface area (Å²) in [6, 6.07) is 7.80. The molecular formula is C19H29ClN4O2S. The van der Waals surface area contributed by atoms with Gasteiger partial charge in [0.2, 0.25) is 5.91 Å². The first-order chi connectivity index (χ1) is 12.9. The number of ether oxygens (including phenoxy) is 1. The Bertz CT molecular complexity index is 631. The van der Waals surface area contributed by atoms with Gasteiger partial charge in [-0.05, 0) is 44.0 Å². The lowest BCUT2D eigenvalue weighted by Gasteiger charge is -2.25. The summed E-state index contributed by atoms with van der Waals surface area (Å²) in [4.78, 5) is 19.0. The second-order valence-corrected chi connectivity index (χ2v) is 8.54. The molecule has 6 nitrogen and oxygen atoms in total. The van der Waals surface area contributed by atoms with Crippen LogP contribution in [0.3, 0.4) is 0 Å². The number of benzene rings is 1. The molecule has 0 aromatic heterocycles. The van der Waals surface area contributed by atoms with Gasteiger partial charge in [-0.3, -0.25) is 4.79 Å². The first kappa shape index (κ1) is 21.9. The Balaban J connectivity index is 1.83. The molecule has 1 aromatic rings. The van der Waals surface area contributed by atoms with E-state index < -0.39 is 0 Å². The molecule has 27 heavy (non-hydrogen) atoms. The standard InChI is InChI=1S/C19H29ClN4O2S/c1-19(9-4-11-26-19)14-23-18(22-13-17(25)24(2)3)21-10-12-27-16-7-5-15(20)6-8-16/h5-8H,4,9-14H2,1-3H3,(H2,21,22,23). The zero-order valence-electron chi connectivity index (χ0n) is 16.3. The number of nitrogens with zero attached hydrogens (tertiary/aromatic N) is 2. The summed E-state index contributed by atoms with van der Waals surface area (Å²) in [5.41, 5.74) is -0.175. The molecule has 1 atom stereocenters. The summed E-state index contributed by atoms with van der Waals surface area (Å²) in [6.45, 7) is 4.41. The minimum absolute atomic E-state index is 0.0324. The van der Waals surface area contributed by atoms with Crippen LogP contribution in [-0.4, -0.2) is 68.5 Å². The van der Waals surface area contributed by atoms with E-state index in [1.807, 2.05) is 24.3 Å². The van der Waals surface area contributed by atoms with E-state index in [1.165, 1.54) is 4.90 Å². The van der Waals surface area contributed by atoms with Crippen molar-refractivity contribution in [3.05, 3.63) is 29.3 Å². The molecule has 2 N–H and O–H groups in total. The predicted octanol–water partition coefficient (Wildman–Crippen LogP) is 2.62. The molecule has 1 saturated heterocycles. The van der Waals surface area contributed by atoms with Gasteiger partial charge < -0.3 is 20.3 Å². The molecule has 0 aliphatic carbocycles. The number of halogens is 1. The fourth-order valence-corrected chi connectivity index (χ4v) is 3.47. The summed E-state index contributed by atoms with van der Waals surface area (Å²) < 4.78 is 5.81. The van der Waals surface area contributed by atoms with Crippen LogP contribution in [0.25, 0.3) is 0 Å². The number of aliphatic imine (C=N–C) groups is 1. The maximum atomic E-state index is 11.8. The van der Waals surface area contributed by atoms with Gasteiger partial charge in [-0.15, -0.1) is 11.8 Å². The fraction of sp³-hybridized carbons (Fsp3) is 0.579. The third kappa shape index (κ3) is 7.99. The van der Waals surface area contributed by atoms with Crippen molar-refractivity contribution in [2.24, 2.45) is 4.99 Å². The number of carbonyl (C=O) groups is 1. The maximum absolute atomic E-state index is 11.8. The van der Waals surface area contributed by atoms with Crippen LogP contribution in [-0.2, 0) is 9.53 Å². The van der Waals surface area contributed by atoms with Crippen molar-refractivity contribution in [1.29, 1.82) is 0 Å². The quantitative estimate of drug-likeness (QED) is 0.297. The molecular weight excluding hydrogens is 384 g/mol. The van der Waals surface area contributed by atoms with E-state index in [1.54, 1.807) is 30.8 Å². The lowest BCUT2D eigenvalue weighted by Crippen LogP contribution is -2.46. The molecule has 0 radical (unpaired) electrons. The van der Waals surface area contributed by atoms with Crippen molar-refractivity contribution in [2.45, 2.75) is 30.3 Å². The van der Waals surface area contributed by atoms with Crippen LogP contribution >= 0.6 is 23.4 Å². The zero-order chi connectivity index (χ0) is 19.7. The van der Waals surface area contributed by atoms with Crippen LogP contribution in [0.5, 0.6) is 0 Å². The van der Waals surface area contributed by atoms with Gasteiger partial charge in [-0.1, -0.05) is 11.6 Å². The third-order valence-corrected chi connectivity index (χ3v) is 5.54. The largest absolute Gasteiger partial charge is 0.373 e. The highest BCUT2D eigenvalue weighted by Crippen LogP contribution is 2.23. The highest BCUT2D eigenvalue weighted by molar-refractivity contribution is 7.99. The second-order valence-electron chi connectivity index (χ2n) is 6.94. The maximum Gasteiger partial charge on any atom is 0.243 e. The summed E-state index contributed by atoms with van der Waals surface area (Å²) in [7, 11) is 3.46. The van der Waals surface area contributed by atoms with Crippen molar-refractivity contribution >= 4 is 35.2 Å². The van der Waals surface area contributed by atoms with Crippen LogP contribution in [0.2, 0.25) is 5.02 Å². The molecule has 1 fully saturated rings. The van der Waals surface area contributed by atoms with Crippen LogP contribution in [0.1, 0.15) is 19.8 Å². The van der Waals surface area contributed by atoms with Gasteiger partial charge in [0.05, 0.1) is 5.60 Å². The lowest BCUT2D eigenvalue weighted by molar-refractivity contribution is -0.127. The molecule has 1 aliphatic rings. The van der Waals surface area contributed by atoms with Gasteiger partial charge in [-0.2, -0.15) is 0 Å². The molecule has 2 rings (SSSR count). The van der Waals surface area contributed by atoms with E-state index >= 15 is 0 Å². The van der Waals surface area contributed by atoms with Crippen LogP contribution in [0.4, 0.5) is 0 Å². The Morgan fingerprint density at radius 2 is 2.07 bits per heavy atom. The topological polar surface area (TPSA) is 66.0 Å². The minimum Gasteiger partial charge on any atom is -0.373 e. The lowest BCUT2D eigenvalue weighted by atomic mass is 10.0. The summed E-state index contributed by atoms with van der Waals surface area (Å²) in [5, 5.41) is 7.36. The van der Waals surface area contributed by atoms with E-state index in [9.17, 15) is 4.79 Å². The number of likely N-dealkylation sites (N-methyl/N-ethyl adjacent to an activating group) is 1. The normalized spacial score (nSPS) is 19.8. The predicted molar refractivity (Wildman–Crippen MR) is 113 cm³/mol. The van der Waals surface area contributed by atoms with Gasteiger partial charge >= 0.3 is 0 Å². The van der Waals surface area contributed by atoms with E-state index in [-0.39, 0.29) is 18.1 Å². The molecule has 1 aromatic carbocycles. The molecule has 8 heteroatoms. The van der Waals surface area contributed by atoms with Gasteiger partial charge in [0.25, 0.3) is 0 Å². The molecule has 0 bridgehead atoms. The third-order valence-electron chi connectivity index (χ3n) is 4.28. The first-order valence-corrected chi connectivity index (χ1v) is 10.5. The van der Waals surface area contributed by atoms with Gasteiger partial charge in [0.15, 0.2) is 5.96 Å². The summed E-state index contributed by atoms with van der Waals surface area (Å²) >= 11 is 7.65. The Labute approximate surface area is 171 Å².